The maximum absolute atomic E-state index is 9.87. The van der Waals surface area contributed by atoms with Gasteiger partial charge in [-0.05, 0) is 20.8 Å². The molecule has 0 saturated carbocycles. The molecule has 0 N–H and O–H groups in total. The van der Waals surface area contributed by atoms with Crippen LogP contribution in [0.3, 0.4) is 0 Å². The zero-order valence-electron chi connectivity index (χ0n) is 5.54. The third-order valence-corrected chi connectivity index (χ3v) is 1.06. The van der Waals surface area contributed by atoms with Crippen molar-refractivity contribution in [2.24, 2.45) is 0 Å². The van der Waals surface area contributed by atoms with Gasteiger partial charge in [-0.3, -0.25) is 0 Å². The van der Waals surface area contributed by atoms with Crippen molar-refractivity contribution < 1.29 is 17.2 Å². The van der Waals surface area contributed by atoms with Crippen molar-refractivity contribution in [3.63, 3.8) is 0 Å². The molecule has 0 unspecified atom stereocenters. The van der Waals surface area contributed by atoms with Crippen LogP contribution < -0.4 is 0 Å². The summed E-state index contributed by atoms with van der Waals surface area (Å²) in [5.74, 6) is 0. The van der Waals surface area contributed by atoms with E-state index < -0.39 is 16.0 Å². The van der Waals surface area contributed by atoms with Gasteiger partial charge in [-0.25, -0.2) is 4.18 Å². The summed E-state index contributed by atoms with van der Waals surface area (Å²) in [5, 5.41) is 0. The van der Waals surface area contributed by atoms with Crippen molar-refractivity contribution in [1.82, 2.24) is 0 Å². The van der Waals surface area contributed by atoms with Gasteiger partial charge < -0.3 is 0 Å². The van der Waals surface area contributed by atoms with Crippen LogP contribution in [0.1, 0.15) is 20.8 Å². The molecule has 0 aromatic carbocycles. The van der Waals surface area contributed by atoms with Gasteiger partial charge in [0.15, 0.2) is 0 Å². The summed E-state index contributed by atoms with van der Waals surface area (Å²) in [4.78, 5) is 0. The third-order valence-electron chi connectivity index (χ3n) is 0.352. The molecule has 9 heavy (non-hydrogen) atoms. The van der Waals surface area contributed by atoms with Gasteiger partial charge in [-0.1, -0.05) is 4.55 Å². The Hall–Kier alpha value is -0.130. The lowest BCUT2D eigenvalue weighted by Gasteiger charge is -2.14. The van der Waals surface area contributed by atoms with Crippen molar-refractivity contribution in [2.45, 2.75) is 26.4 Å². The molecule has 0 spiro atoms. The minimum Gasteiger partial charge on any atom is -0.241 e. The molecular formula is C4H9O4S. The van der Waals surface area contributed by atoms with Crippen LogP contribution in [0.2, 0.25) is 0 Å². The molecule has 0 amide bonds. The maximum Gasteiger partial charge on any atom is 0.428 e. The molecular weight excluding hydrogens is 144 g/mol. The van der Waals surface area contributed by atoms with Gasteiger partial charge in [0.25, 0.3) is 0 Å². The van der Waals surface area contributed by atoms with E-state index in [9.17, 15) is 13.0 Å². The quantitative estimate of drug-likeness (QED) is 0.550. The first-order valence-corrected chi connectivity index (χ1v) is 3.70. The second kappa shape index (κ2) is 2.24. The monoisotopic (exact) mass is 153 g/mol. The van der Waals surface area contributed by atoms with Gasteiger partial charge in [0.1, 0.15) is 0 Å². The van der Waals surface area contributed by atoms with E-state index in [0.717, 1.165) is 0 Å². The summed E-state index contributed by atoms with van der Waals surface area (Å²) in [5.41, 5.74) is -0.916. The highest BCUT2D eigenvalue weighted by Gasteiger charge is 2.19. The van der Waals surface area contributed by atoms with Gasteiger partial charge in [0, 0.05) is 0 Å². The van der Waals surface area contributed by atoms with Gasteiger partial charge in [-0.2, -0.15) is 8.42 Å². The number of rotatable bonds is 1. The average molecular weight is 153 g/mol. The first-order valence-electron chi connectivity index (χ1n) is 2.37. The molecule has 0 aliphatic carbocycles. The standard InChI is InChI=1S/C4H9O4S/c1-4(2,3)8-9(5,6)7/h1-3H3. The van der Waals surface area contributed by atoms with Crippen molar-refractivity contribution in [2.75, 3.05) is 0 Å². The fraction of sp³-hybridized carbons (Fsp3) is 1.00. The molecule has 55 valence electrons. The summed E-state index contributed by atoms with van der Waals surface area (Å²) < 4.78 is 33.6. The fourth-order valence-corrected chi connectivity index (χ4v) is 0.919. The highest BCUT2D eigenvalue weighted by atomic mass is 32.3. The van der Waals surface area contributed by atoms with E-state index in [-0.39, 0.29) is 0 Å². The summed E-state index contributed by atoms with van der Waals surface area (Å²) in [6.45, 7) is 4.47. The van der Waals surface area contributed by atoms with Gasteiger partial charge >= 0.3 is 10.4 Å². The molecule has 0 atom stereocenters. The molecule has 0 heterocycles. The van der Waals surface area contributed by atoms with E-state index in [1.54, 1.807) is 0 Å². The highest BCUT2D eigenvalue weighted by molar-refractivity contribution is 7.80. The van der Waals surface area contributed by atoms with Gasteiger partial charge in [0.05, 0.1) is 5.60 Å². The van der Waals surface area contributed by atoms with E-state index in [4.69, 9.17) is 0 Å². The Morgan fingerprint density at radius 1 is 1.22 bits per heavy atom. The van der Waals surface area contributed by atoms with Gasteiger partial charge in [0.2, 0.25) is 0 Å². The second-order valence-electron chi connectivity index (χ2n) is 2.60. The Morgan fingerprint density at radius 2 is 1.56 bits per heavy atom. The lowest BCUT2D eigenvalue weighted by Crippen LogP contribution is -2.22. The van der Waals surface area contributed by atoms with E-state index in [0.29, 0.717) is 0 Å². The van der Waals surface area contributed by atoms with Crippen molar-refractivity contribution in [1.29, 1.82) is 0 Å². The summed E-state index contributed by atoms with van der Waals surface area (Å²) in [6.07, 6.45) is 0. The molecule has 0 fully saturated rings. The molecule has 0 aromatic rings. The Balaban J connectivity index is 4.07. The highest BCUT2D eigenvalue weighted by Crippen LogP contribution is 2.09. The first kappa shape index (κ1) is 8.87. The molecule has 0 saturated heterocycles. The van der Waals surface area contributed by atoms with Crippen molar-refractivity contribution in [3.8, 4) is 0 Å². The molecule has 5 heteroatoms. The largest absolute Gasteiger partial charge is 0.428 e. The normalized spacial score (nSPS) is 13.8. The number of hydrogen-bond acceptors (Lipinski definition) is 3. The smallest absolute Gasteiger partial charge is 0.241 e. The van der Waals surface area contributed by atoms with Crippen LogP contribution >= 0.6 is 0 Å². The van der Waals surface area contributed by atoms with Crippen molar-refractivity contribution >= 4 is 10.4 Å². The summed E-state index contributed by atoms with van der Waals surface area (Å²) in [7, 11) is -4.53. The first-order chi connectivity index (χ1) is 3.71. The fourth-order valence-electron chi connectivity index (χ4n) is 0.306. The molecule has 0 aromatic heterocycles. The second-order valence-corrected chi connectivity index (χ2v) is 3.59. The lowest BCUT2D eigenvalue weighted by atomic mass is 10.2. The summed E-state index contributed by atoms with van der Waals surface area (Å²) in [6, 6.07) is 0. The SMILES string of the molecule is CC(C)(C)OS([O])(=O)=O. The van der Waals surface area contributed by atoms with Gasteiger partial charge in [-0.15, -0.1) is 0 Å². The molecule has 0 bridgehead atoms. The third kappa shape index (κ3) is 7.87. The number of hydrogen-bond donors (Lipinski definition) is 0. The van der Waals surface area contributed by atoms with Crippen LogP contribution in [-0.4, -0.2) is 14.0 Å². The van der Waals surface area contributed by atoms with Crippen LogP contribution in [0.5, 0.6) is 0 Å². The predicted molar refractivity (Wildman–Crippen MR) is 30.4 cm³/mol. The Morgan fingerprint density at radius 3 is 1.56 bits per heavy atom. The van der Waals surface area contributed by atoms with Crippen LogP contribution in [0.15, 0.2) is 0 Å². The molecule has 4 nitrogen and oxygen atoms in total. The predicted octanol–water partition coefficient (Wildman–Crippen LogP) is 0.477. The lowest BCUT2D eigenvalue weighted by molar-refractivity contribution is 0.110. The van der Waals surface area contributed by atoms with E-state index in [1.165, 1.54) is 20.8 Å². The minimum atomic E-state index is -4.53. The maximum atomic E-state index is 9.87. The van der Waals surface area contributed by atoms with Crippen LogP contribution in [0, 0.1) is 0 Å². The van der Waals surface area contributed by atoms with Crippen LogP contribution in [-0.2, 0) is 19.1 Å². The van der Waals surface area contributed by atoms with Crippen LogP contribution in [0.4, 0.5) is 0 Å². The molecule has 0 aliphatic heterocycles. The van der Waals surface area contributed by atoms with E-state index in [1.807, 2.05) is 0 Å². The topological polar surface area (TPSA) is 63.3 Å². The zero-order valence-corrected chi connectivity index (χ0v) is 6.36. The van der Waals surface area contributed by atoms with Crippen molar-refractivity contribution in [3.05, 3.63) is 0 Å². The van der Waals surface area contributed by atoms with E-state index >= 15 is 0 Å². The Kier molecular flexibility index (Phi) is 2.21. The van der Waals surface area contributed by atoms with E-state index in [2.05, 4.69) is 4.18 Å². The Bertz CT molecular complexity index is 173. The minimum absolute atomic E-state index is 0.916. The molecule has 0 aliphatic rings. The molecule has 1 radical (unpaired) electrons. The van der Waals surface area contributed by atoms with Crippen LogP contribution in [0.25, 0.3) is 0 Å². The molecule has 0 rings (SSSR count). The summed E-state index contributed by atoms with van der Waals surface area (Å²) >= 11 is 0. The average Bonchev–Trinajstić information content (AvgIpc) is 1.14. The Labute approximate surface area is 54.8 Å². The zero-order chi connectivity index (χ0) is 7.71.